The lowest BCUT2D eigenvalue weighted by atomic mass is 10.1. The molecule has 1 aromatic carbocycles. The maximum Gasteiger partial charge on any atom is 0.148 e. The van der Waals surface area contributed by atoms with Crippen LogP contribution >= 0.6 is 0 Å². The molecule has 1 rings (SSSR count). The van der Waals surface area contributed by atoms with Crippen molar-refractivity contribution in [3.05, 3.63) is 29.8 Å². The molecule has 0 aromatic heterocycles. The summed E-state index contributed by atoms with van der Waals surface area (Å²) in [4.78, 5) is 0. The Kier molecular flexibility index (Phi) is 4.64. The number of benzene rings is 1. The molecular formula is C15H17NO. The van der Waals surface area contributed by atoms with Crippen LogP contribution in [0.15, 0.2) is 24.3 Å². The van der Waals surface area contributed by atoms with Crippen LogP contribution < -0.4 is 10.1 Å². The van der Waals surface area contributed by atoms with Crippen LogP contribution in [0.2, 0.25) is 0 Å². The monoisotopic (exact) mass is 227 g/mol. The number of hydrogen-bond donors (Lipinski definition) is 1. The average molecular weight is 227 g/mol. The maximum atomic E-state index is 5.46. The summed E-state index contributed by atoms with van der Waals surface area (Å²) in [5.74, 6) is 5.94. The first-order valence-corrected chi connectivity index (χ1v) is 5.46. The molecule has 0 aliphatic rings. The summed E-state index contributed by atoms with van der Waals surface area (Å²) in [6, 6.07) is 7.77. The number of ether oxygens (including phenoxy) is 1. The molecule has 0 saturated carbocycles. The first-order valence-electron chi connectivity index (χ1n) is 5.46. The largest absolute Gasteiger partial charge is 0.481 e. The normalized spacial score (nSPS) is 10.4. The fraction of sp³-hybridized carbons (Fsp3) is 0.333. The van der Waals surface area contributed by atoms with Crippen molar-refractivity contribution in [2.24, 2.45) is 0 Å². The van der Waals surface area contributed by atoms with Gasteiger partial charge in [-0.1, -0.05) is 30.0 Å². The Morgan fingerprint density at radius 3 is 2.65 bits per heavy atom. The Hall–Kier alpha value is -1.90. The van der Waals surface area contributed by atoms with Gasteiger partial charge in [0.1, 0.15) is 12.4 Å². The molecule has 1 aromatic rings. The van der Waals surface area contributed by atoms with Gasteiger partial charge in [-0.2, -0.15) is 0 Å². The van der Waals surface area contributed by atoms with Gasteiger partial charge >= 0.3 is 0 Å². The van der Waals surface area contributed by atoms with Gasteiger partial charge in [-0.15, -0.1) is 12.8 Å². The molecule has 0 aliphatic heterocycles. The van der Waals surface area contributed by atoms with Gasteiger partial charge in [0.2, 0.25) is 0 Å². The quantitative estimate of drug-likeness (QED) is 0.779. The predicted octanol–water partition coefficient (Wildman–Crippen LogP) is 2.20. The van der Waals surface area contributed by atoms with Crippen LogP contribution in [0, 0.1) is 24.7 Å². The van der Waals surface area contributed by atoms with Crippen LogP contribution in [-0.2, 0) is 6.54 Å². The van der Waals surface area contributed by atoms with Crippen molar-refractivity contribution in [1.82, 2.24) is 5.32 Å². The van der Waals surface area contributed by atoms with Gasteiger partial charge in [0.25, 0.3) is 0 Å². The van der Waals surface area contributed by atoms with Gasteiger partial charge in [0, 0.05) is 12.1 Å². The zero-order chi connectivity index (χ0) is 12.7. The molecule has 0 spiro atoms. The molecule has 0 amide bonds. The molecule has 0 fully saturated rings. The van der Waals surface area contributed by atoms with E-state index in [2.05, 4.69) is 17.2 Å². The second kappa shape index (κ2) is 5.99. The smallest absolute Gasteiger partial charge is 0.148 e. The summed E-state index contributed by atoms with van der Waals surface area (Å²) < 4.78 is 5.46. The summed E-state index contributed by atoms with van der Waals surface area (Å²) in [6.07, 6.45) is 10.6. The third kappa shape index (κ3) is 4.23. The second-order valence-corrected chi connectivity index (χ2v) is 4.22. The van der Waals surface area contributed by atoms with E-state index in [1.54, 1.807) is 0 Å². The number of para-hydroxylation sites is 1. The molecule has 17 heavy (non-hydrogen) atoms. The van der Waals surface area contributed by atoms with Gasteiger partial charge in [-0.3, -0.25) is 5.32 Å². The van der Waals surface area contributed by atoms with Crippen molar-refractivity contribution in [3.8, 4) is 30.4 Å². The fourth-order valence-electron chi connectivity index (χ4n) is 1.28. The van der Waals surface area contributed by atoms with Crippen molar-refractivity contribution in [2.75, 3.05) is 6.61 Å². The topological polar surface area (TPSA) is 21.3 Å². The third-order valence-corrected chi connectivity index (χ3v) is 2.37. The van der Waals surface area contributed by atoms with E-state index in [-0.39, 0.29) is 12.1 Å². The molecule has 0 aliphatic carbocycles. The molecule has 2 heteroatoms. The van der Waals surface area contributed by atoms with Crippen LogP contribution in [0.25, 0.3) is 0 Å². The maximum absolute atomic E-state index is 5.46. The molecule has 1 N–H and O–H groups in total. The average Bonchev–Trinajstić information content (AvgIpc) is 2.35. The molecule has 0 atom stereocenters. The Balaban J connectivity index is 2.71. The summed E-state index contributed by atoms with van der Waals surface area (Å²) in [7, 11) is 0. The Morgan fingerprint density at radius 1 is 1.29 bits per heavy atom. The lowest BCUT2D eigenvalue weighted by molar-refractivity contribution is 0.362. The van der Waals surface area contributed by atoms with Crippen molar-refractivity contribution >= 4 is 0 Å². The van der Waals surface area contributed by atoms with E-state index >= 15 is 0 Å². The molecule has 0 radical (unpaired) electrons. The predicted molar refractivity (Wildman–Crippen MR) is 70.5 cm³/mol. The van der Waals surface area contributed by atoms with Crippen LogP contribution in [0.5, 0.6) is 5.75 Å². The third-order valence-electron chi connectivity index (χ3n) is 2.37. The zero-order valence-electron chi connectivity index (χ0n) is 10.3. The number of rotatable bonds is 5. The van der Waals surface area contributed by atoms with Crippen LogP contribution in [-0.4, -0.2) is 12.1 Å². The van der Waals surface area contributed by atoms with Crippen molar-refractivity contribution < 1.29 is 4.74 Å². The highest BCUT2D eigenvalue weighted by atomic mass is 16.5. The van der Waals surface area contributed by atoms with Gasteiger partial charge in [-0.05, 0) is 19.9 Å². The molecule has 0 heterocycles. The van der Waals surface area contributed by atoms with Crippen molar-refractivity contribution in [1.29, 1.82) is 0 Å². The first-order chi connectivity index (χ1) is 8.09. The zero-order valence-corrected chi connectivity index (χ0v) is 10.3. The van der Waals surface area contributed by atoms with Crippen molar-refractivity contribution in [3.63, 3.8) is 0 Å². The first kappa shape index (κ1) is 13.2. The van der Waals surface area contributed by atoms with Crippen molar-refractivity contribution in [2.45, 2.75) is 25.9 Å². The fourth-order valence-corrected chi connectivity index (χ4v) is 1.28. The number of terminal acetylenes is 2. The van der Waals surface area contributed by atoms with Gasteiger partial charge < -0.3 is 4.74 Å². The standard InChI is InChI=1S/C15H17NO/c1-5-11-17-14-10-8-7-9-13(14)12-16-15(3,4)6-2/h1-2,7-10,16H,11-12H2,3-4H3. The Labute approximate surface area is 103 Å². The van der Waals surface area contributed by atoms with Crippen LogP contribution in [0.3, 0.4) is 0 Å². The van der Waals surface area contributed by atoms with Gasteiger partial charge in [-0.25, -0.2) is 0 Å². The summed E-state index contributed by atoms with van der Waals surface area (Å²) >= 11 is 0. The Morgan fingerprint density at radius 2 is 2.00 bits per heavy atom. The minimum absolute atomic E-state index is 0.273. The lowest BCUT2D eigenvalue weighted by Gasteiger charge is -2.20. The molecule has 2 nitrogen and oxygen atoms in total. The van der Waals surface area contributed by atoms with Crippen LogP contribution in [0.4, 0.5) is 0 Å². The van der Waals surface area contributed by atoms with Crippen LogP contribution in [0.1, 0.15) is 19.4 Å². The second-order valence-electron chi connectivity index (χ2n) is 4.22. The number of nitrogens with one attached hydrogen (secondary N) is 1. The Bertz CT molecular complexity index is 449. The van der Waals surface area contributed by atoms with Gasteiger partial charge in [0.05, 0.1) is 5.54 Å². The summed E-state index contributed by atoms with van der Waals surface area (Å²) in [5, 5.41) is 3.27. The molecular weight excluding hydrogens is 210 g/mol. The highest BCUT2D eigenvalue weighted by molar-refractivity contribution is 5.33. The molecule has 88 valence electrons. The van der Waals surface area contributed by atoms with E-state index in [9.17, 15) is 0 Å². The molecule has 0 saturated heterocycles. The SMILES string of the molecule is C#CCOc1ccccc1CNC(C)(C)C#C. The molecule has 0 unspecified atom stereocenters. The van der Waals surface area contributed by atoms with E-state index in [1.807, 2.05) is 38.1 Å². The lowest BCUT2D eigenvalue weighted by Crippen LogP contribution is -2.37. The minimum Gasteiger partial charge on any atom is -0.481 e. The van der Waals surface area contributed by atoms with Gasteiger partial charge in [0.15, 0.2) is 0 Å². The van der Waals surface area contributed by atoms with E-state index in [1.165, 1.54) is 0 Å². The minimum atomic E-state index is -0.334. The summed E-state index contributed by atoms with van der Waals surface area (Å²) in [6.45, 7) is 4.84. The van der Waals surface area contributed by atoms with E-state index in [4.69, 9.17) is 17.6 Å². The van der Waals surface area contributed by atoms with E-state index in [0.717, 1.165) is 11.3 Å². The van der Waals surface area contributed by atoms with E-state index in [0.29, 0.717) is 6.54 Å². The van der Waals surface area contributed by atoms with E-state index < -0.39 is 0 Å². The highest BCUT2D eigenvalue weighted by Gasteiger charge is 2.13. The number of hydrogen-bond acceptors (Lipinski definition) is 2. The molecule has 0 bridgehead atoms. The highest BCUT2D eigenvalue weighted by Crippen LogP contribution is 2.18. The summed E-state index contributed by atoms with van der Waals surface area (Å²) in [5.41, 5.74) is 0.713.